The van der Waals surface area contributed by atoms with Crippen LogP contribution in [0.2, 0.25) is 0 Å². The molecule has 29 heavy (non-hydrogen) atoms. The van der Waals surface area contributed by atoms with E-state index in [-0.39, 0.29) is 0 Å². The molecular weight excluding hydrogens is 364 g/mol. The van der Waals surface area contributed by atoms with Crippen molar-refractivity contribution < 1.29 is 14.7 Å². The summed E-state index contributed by atoms with van der Waals surface area (Å²) in [7, 11) is 0. The molecule has 1 heterocycles. The lowest BCUT2D eigenvalue weighted by Crippen LogP contribution is -2.33. The molecule has 0 fully saturated rings. The molecule has 2 N–H and O–H groups in total. The lowest BCUT2D eigenvalue weighted by Gasteiger charge is -2.16. The van der Waals surface area contributed by atoms with Crippen molar-refractivity contribution in [2.75, 3.05) is 0 Å². The molecule has 0 spiro atoms. The summed E-state index contributed by atoms with van der Waals surface area (Å²) < 4.78 is 0. The molecule has 4 aromatic rings. The van der Waals surface area contributed by atoms with Crippen LogP contribution in [-0.2, 0) is 4.79 Å². The first-order valence-electron chi connectivity index (χ1n) is 9.17. The molecule has 0 saturated heterocycles. The number of carboxylic acids is 1. The minimum absolute atomic E-state index is 0.386. The zero-order chi connectivity index (χ0) is 20.2. The van der Waals surface area contributed by atoms with Gasteiger partial charge in [-0.15, -0.1) is 0 Å². The Morgan fingerprint density at radius 1 is 0.828 bits per heavy atom. The van der Waals surface area contributed by atoms with Gasteiger partial charge in [0.2, 0.25) is 0 Å². The van der Waals surface area contributed by atoms with Gasteiger partial charge in [0, 0.05) is 10.9 Å². The first-order valence-corrected chi connectivity index (χ1v) is 9.17. The Labute approximate surface area is 167 Å². The number of hydrogen-bond donors (Lipinski definition) is 2. The number of carbonyl (C=O) groups is 2. The molecular formula is C24H18N2O3. The summed E-state index contributed by atoms with van der Waals surface area (Å²) >= 11 is 0. The summed E-state index contributed by atoms with van der Waals surface area (Å²) in [5.41, 5.74) is 3.10. The molecule has 0 aliphatic carbocycles. The number of pyridine rings is 1. The van der Waals surface area contributed by atoms with Crippen LogP contribution in [0.3, 0.4) is 0 Å². The molecule has 142 valence electrons. The number of rotatable bonds is 5. The third-order valence-electron chi connectivity index (χ3n) is 4.69. The maximum absolute atomic E-state index is 13.1. The summed E-state index contributed by atoms with van der Waals surface area (Å²) in [6.07, 6.45) is 0. The van der Waals surface area contributed by atoms with E-state index in [2.05, 4.69) is 10.3 Å². The summed E-state index contributed by atoms with van der Waals surface area (Å²) in [5.74, 6) is -1.58. The van der Waals surface area contributed by atoms with Crippen molar-refractivity contribution in [1.29, 1.82) is 0 Å². The maximum atomic E-state index is 13.1. The maximum Gasteiger partial charge on any atom is 0.330 e. The van der Waals surface area contributed by atoms with Crippen LogP contribution in [0.4, 0.5) is 0 Å². The molecule has 0 aliphatic heterocycles. The van der Waals surface area contributed by atoms with Crippen molar-refractivity contribution in [2.24, 2.45) is 0 Å². The molecule has 3 aromatic carbocycles. The third-order valence-corrected chi connectivity index (χ3v) is 4.69. The Bertz CT molecular complexity index is 1170. The number of amides is 1. The predicted molar refractivity (Wildman–Crippen MR) is 111 cm³/mol. The van der Waals surface area contributed by atoms with Crippen LogP contribution in [0.5, 0.6) is 0 Å². The second kappa shape index (κ2) is 7.94. The minimum atomic E-state index is -1.14. The van der Waals surface area contributed by atoms with E-state index in [4.69, 9.17) is 0 Å². The van der Waals surface area contributed by atoms with Gasteiger partial charge in [-0.2, -0.15) is 0 Å². The molecule has 0 saturated carbocycles. The van der Waals surface area contributed by atoms with E-state index in [0.717, 1.165) is 5.56 Å². The van der Waals surface area contributed by atoms with Crippen molar-refractivity contribution in [1.82, 2.24) is 10.3 Å². The zero-order valence-electron chi connectivity index (χ0n) is 15.4. The fraction of sp³-hybridized carbons (Fsp3) is 0.0417. The number of fused-ring (bicyclic) bond motifs is 1. The number of hydrogen-bond acceptors (Lipinski definition) is 3. The van der Waals surface area contributed by atoms with Crippen molar-refractivity contribution in [3.8, 4) is 11.3 Å². The SMILES string of the molecule is O=C(N[C@H](C(=O)O)c1ccccc1)c1cc(-c2ccccc2)nc2ccccc12. The molecule has 0 aliphatic rings. The third kappa shape index (κ3) is 3.84. The van der Waals surface area contributed by atoms with Crippen LogP contribution in [0.1, 0.15) is 22.0 Å². The second-order valence-corrected chi connectivity index (χ2v) is 6.59. The number of para-hydroxylation sites is 1. The van der Waals surface area contributed by atoms with E-state index in [1.165, 1.54) is 0 Å². The Balaban J connectivity index is 1.78. The molecule has 0 unspecified atom stereocenters. The number of nitrogens with one attached hydrogen (secondary N) is 1. The van der Waals surface area contributed by atoms with Gasteiger partial charge in [-0.05, 0) is 17.7 Å². The molecule has 0 bridgehead atoms. The first kappa shape index (κ1) is 18.4. The molecule has 1 amide bonds. The Hall–Kier alpha value is -3.99. The molecule has 4 rings (SSSR count). The first-order chi connectivity index (χ1) is 14.1. The van der Waals surface area contributed by atoms with Crippen molar-refractivity contribution in [3.05, 3.63) is 102 Å². The number of carboxylic acid groups (broad SMARTS) is 1. The fourth-order valence-electron chi connectivity index (χ4n) is 3.26. The smallest absolute Gasteiger partial charge is 0.330 e. The highest BCUT2D eigenvalue weighted by atomic mass is 16.4. The summed E-state index contributed by atoms with van der Waals surface area (Å²) in [5, 5.41) is 13.0. The van der Waals surface area contributed by atoms with Crippen LogP contribution in [-0.4, -0.2) is 22.0 Å². The van der Waals surface area contributed by atoms with E-state index in [9.17, 15) is 14.7 Å². The highest BCUT2D eigenvalue weighted by molar-refractivity contribution is 6.08. The highest BCUT2D eigenvalue weighted by Crippen LogP contribution is 2.25. The monoisotopic (exact) mass is 382 g/mol. The highest BCUT2D eigenvalue weighted by Gasteiger charge is 2.24. The van der Waals surface area contributed by atoms with Gasteiger partial charge in [-0.1, -0.05) is 78.9 Å². The van der Waals surface area contributed by atoms with Gasteiger partial charge in [0.15, 0.2) is 6.04 Å². The van der Waals surface area contributed by atoms with E-state index in [1.54, 1.807) is 36.4 Å². The number of aliphatic carboxylic acids is 1. The van der Waals surface area contributed by atoms with Gasteiger partial charge in [-0.25, -0.2) is 9.78 Å². The van der Waals surface area contributed by atoms with Crippen molar-refractivity contribution in [2.45, 2.75) is 6.04 Å². The van der Waals surface area contributed by atoms with Gasteiger partial charge in [0.05, 0.1) is 16.8 Å². The van der Waals surface area contributed by atoms with Gasteiger partial charge >= 0.3 is 5.97 Å². The van der Waals surface area contributed by atoms with Crippen molar-refractivity contribution >= 4 is 22.8 Å². The Kier molecular flexibility index (Phi) is 5.03. The standard InChI is InChI=1S/C24H18N2O3/c27-23(26-22(24(28)29)17-11-5-2-6-12-17)19-15-21(16-9-3-1-4-10-16)25-20-14-8-7-13-18(19)20/h1-15,22H,(H,26,27)(H,28,29)/t22-/m0/s1. The average Bonchev–Trinajstić information content (AvgIpc) is 2.77. The number of aromatic nitrogens is 1. The normalized spacial score (nSPS) is 11.7. The minimum Gasteiger partial charge on any atom is -0.479 e. The molecule has 1 aromatic heterocycles. The van der Waals surface area contributed by atoms with Gasteiger partial charge < -0.3 is 10.4 Å². The Morgan fingerprint density at radius 2 is 1.45 bits per heavy atom. The second-order valence-electron chi connectivity index (χ2n) is 6.59. The lowest BCUT2D eigenvalue weighted by atomic mass is 10.0. The molecule has 1 atom stereocenters. The van der Waals surface area contributed by atoms with Gasteiger partial charge in [0.1, 0.15) is 0 Å². The molecule has 5 nitrogen and oxygen atoms in total. The van der Waals surface area contributed by atoms with Crippen LogP contribution < -0.4 is 5.32 Å². The van der Waals surface area contributed by atoms with Crippen LogP contribution in [0.25, 0.3) is 22.2 Å². The van der Waals surface area contributed by atoms with Crippen molar-refractivity contribution in [3.63, 3.8) is 0 Å². The Morgan fingerprint density at radius 3 is 2.14 bits per heavy atom. The van der Waals surface area contributed by atoms with Crippen LogP contribution in [0.15, 0.2) is 91.0 Å². The number of benzene rings is 3. The lowest BCUT2D eigenvalue weighted by molar-refractivity contribution is -0.139. The number of nitrogens with zero attached hydrogens (tertiary/aromatic N) is 1. The molecule has 0 radical (unpaired) electrons. The van der Waals surface area contributed by atoms with Gasteiger partial charge in [0.25, 0.3) is 5.91 Å². The zero-order valence-corrected chi connectivity index (χ0v) is 15.4. The summed E-state index contributed by atoms with van der Waals surface area (Å²) in [6.45, 7) is 0. The largest absolute Gasteiger partial charge is 0.479 e. The van der Waals surface area contributed by atoms with Crippen LogP contribution >= 0.6 is 0 Å². The molecule has 5 heteroatoms. The van der Waals surface area contributed by atoms with E-state index >= 15 is 0 Å². The topological polar surface area (TPSA) is 79.3 Å². The van der Waals surface area contributed by atoms with E-state index in [1.807, 2.05) is 54.6 Å². The average molecular weight is 382 g/mol. The van der Waals surface area contributed by atoms with Crippen LogP contribution in [0, 0.1) is 0 Å². The fourth-order valence-corrected chi connectivity index (χ4v) is 3.26. The quantitative estimate of drug-likeness (QED) is 0.534. The summed E-state index contributed by atoms with van der Waals surface area (Å²) in [6, 6.07) is 26.1. The number of carbonyl (C=O) groups excluding carboxylic acids is 1. The predicted octanol–water partition coefficient (Wildman–Crippen LogP) is 4.46. The van der Waals surface area contributed by atoms with E-state index < -0.39 is 17.9 Å². The summed E-state index contributed by atoms with van der Waals surface area (Å²) in [4.78, 5) is 29.6. The van der Waals surface area contributed by atoms with Gasteiger partial charge in [-0.3, -0.25) is 4.79 Å². The van der Waals surface area contributed by atoms with E-state index in [0.29, 0.717) is 27.7 Å².